The predicted octanol–water partition coefficient (Wildman–Crippen LogP) is -1.16. The lowest BCUT2D eigenvalue weighted by Crippen LogP contribution is -1.98. The Morgan fingerprint density at radius 1 is 1.07 bits per heavy atom. The van der Waals surface area contributed by atoms with E-state index in [2.05, 4.69) is 46.8 Å². The normalized spacial score (nSPS) is 11.1. The Morgan fingerprint density at radius 3 is 2.40 bits per heavy atom. The lowest BCUT2D eigenvalue weighted by Gasteiger charge is -1.93. The Kier molecular flexibility index (Phi) is 2.26. The maximum Gasteiger partial charge on any atom is 0.289 e. The van der Waals surface area contributed by atoms with E-state index in [1.807, 2.05) is 0 Å². The van der Waals surface area contributed by atoms with Crippen LogP contribution in [0.5, 0.6) is 0 Å². The van der Waals surface area contributed by atoms with E-state index in [0.29, 0.717) is 5.95 Å². The fourth-order valence-corrected chi connectivity index (χ4v) is 0.748. The van der Waals surface area contributed by atoms with Gasteiger partial charge in [-0.25, -0.2) is 14.8 Å². The van der Waals surface area contributed by atoms with Gasteiger partial charge in [-0.05, 0) is 20.9 Å². The topological polar surface area (TPSA) is 124 Å². The van der Waals surface area contributed by atoms with Gasteiger partial charge in [-0.2, -0.15) is 0 Å². The van der Waals surface area contributed by atoms with E-state index in [1.54, 1.807) is 14.1 Å². The Morgan fingerprint density at radius 2 is 1.80 bits per heavy atom. The molecule has 15 heavy (non-hydrogen) atoms. The molecule has 2 rings (SSSR count). The average Bonchev–Trinajstić information content (AvgIpc) is 2.78. The highest BCUT2D eigenvalue weighted by atomic mass is 15.6. The second kappa shape index (κ2) is 3.73. The van der Waals surface area contributed by atoms with Crippen LogP contribution in [0.3, 0.4) is 0 Å². The molecular formula is C4H7N11. The zero-order valence-corrected chi connectivity index (χ0v) is 7.97. The number of nitrogens with zero attached hydrogens (tertiary/aromatic N) is 10. The van der Waals surface area contributed by atoms with Gasteiger partial charge in [0.05, 0.1) is 0 Å². The van der Waals surface area contributed by atoms with Gasteiger partial charge in [0.15, 0.2) is 0 Å². The molecule has 0 amide bonds. The Labute approximate surface area is 83.2 Å². The molecule has 0 bridgehead atoms. The fraction of sp³-hybridized carbons (Fsp3) is 0.500. The van der Waals surface area contributed by atoms with Crippen LogP contribution in [-0.2, 0) is 14.1 Å². The molecule has 0 aromatic carbocycles. The van der Waals surface area contributed by atoms with E-state index in [-0.39, 0.29) is 5.95 Å². The van der Waals surface area contributed by atoms with E-state index in [4.69, 9.17) is 0 Å². The summed E-state index contributed by atoms with van der Waals surface area (Å²) in [5, 5.41) is 28.5. The highest BCUT2D eigenvalue weighted by molar-refractivity contribution is 5.19. The number of hydrogen-bond acceptors (Lipinski definition) is 8. The number of rotatable bonds is 3. The number of hydrogen-bond donors (Lipinski definition) is 1. The molecule has 11 nitrogen and oxygen atoms in total. The molecule has 0 saturated carbocycles. The van der Waals surface area contributed by atoms with Crippen molar-refractivity contribution in [1.29, 1.82) is 0 Å². The number of aromatic nitrogens is 8. The van der Waals surface area contributed by atoms with Gasteiger partial charge in [0.1, 0.15) is 0 Å². The highest BCUT2D eigenvalue weighted by Gasteiger charge is 2.00. The van der Waals surface area contributed by atoms with Crippen LogP contribution in [0.15, 0.2) is 10.3 Å². The van der Waals surface area contributed by atoms with Gasteiger partial charge >= 0.3 is 0 Å². The summed E-state index contributed by atoms with van der Waals surface area (Å²) in [5.74, 6) is 0.645. The Balaban J connectivity index is 2.02. The molecule has 0 spiro atoms. The van der Waals surface area contributed by atoms with Crippen LogP contribution in [0, 0.1) is 0 Å². The monoisotopic (exact) mass is 209 g/mol. The third-order valence-corrected chi connectivity index (χ3v) is 1.51. The highest BCUT2D eigenvalue weighted by Crippen LogP contribution is 2.03. The molecule has 2 aromatic heterocycles. The third kappa shape index (κ3) is 1.90. The third-order valence-electron chi connectivity index (χ3n) is 1.51. The number of anilines is 1. The smallest absolute Gasteiger partial charge is 0.225 e. The van der Waals surface area contributed by atoms with Gasteiger partial charge in [0.2, 0.25) is 0 Å². The van der Waals surface area contributed by atoms with Gasteiger partial charge in [-0.15, -0.1) is 0 Å². The molecule has 0 aliphatic rings. The zero-order valence-electron chi connectivity index (χ0n) is 7.97. The minimum atomic E-state index is 0.276. The summed E-state index contributed by atoms with van der Waals surface area (Å²) in [4.78, 5) is 0. The number of nitrogens with one attached hydrogen (secondary N) is 1. The van der Waals surface area contributed by atoms with E-state index in [0.717, 1.165) is 0 Å². The molecule has 1 N–H and O–H groups in total. The first-order valence-electron chi connectivity index (χ1n) is 3.89. The van der Waals surface area contributed by atoms with E-state index >= 15 is 0 Å². The molecule has 2 heterocycles. The molecule has 11 heteroatoms. The average molecular weight is 209 g/mol. The summed E-state index contributed by atoms with van der Waals surface area (Å²) < 4.78 is 2.79. The second-order valence-corrected chi connectivity index (χ2v) is 2.54. The van der Waals surface area contributed by atoms with Crippen molar-refractivity contribution in [3.8, 4) is 0 Å². The van der Waals surface area contributed by atoms with Crippen molar-refractivity contribution in [3.05, 3.63) is 0 Å². The molecular weight excluding hydrogens is 202 g/mol. The summed E-state index contributed by atoms with van der Waals surface area (Å²) in [7, 11) is 3.32. The van der Waals surface area contributed by atoms with Crippen molar-refractivity contribution < 1.29 is 0 Å². The summed E-state index contributed by atoms with van der Waals surface area (Å²) in [6.45, 7) is 0. The van der Waals surface area contributed by atoms with Crippen LogP contribution in [-0.4, -0.2) is 40.4 Å². The lowest BCUT2D eigenvalue weighted by atomic mass is 11.0. The number of aryl methyl sites for hydroxylation is 2. The van der Waals surface area contributed by atoms with E-state index in [1.165, 1.54) is 9.36 Å². The van der Waals surface area contributed by atoms with Crippen LogP contribution in [0.2, 0.25) is 0 Å². The van der Waals surface area contributed by atoms with Gasteiger partial charge in [-0.3, -0.25) is 0 Å². The molecule has 0 fully saturated rings. The van der Waals surface area contributed by atoms with Crippen molar-refractivity contribution in [2.75, 3.05) is 5.43 Å². The molecule has 0 unspecified atom stereocenters. The first-order chi connectivity index (χ1) is 7.27. The van der Waals surface area contributed by atoms with E-state index < -0.39 is 0 Å². The Bertz CT molecular complexity index is 464. The van der Waals surface area contributed by atoms with Gasteiger partial charge in [-0.1, -0.05) is 20.5 Å². The summed E-state index contributed by atoms with van der Waals surface area (Å²) >= 11 is 0. The maximum atomic E-state index is 3.71. The minimum Gasteiger partial charge on any atom is -0.225 e. The fourth-order valence-electron chi connectivity index (χ4n) is 0.748. The zero-order chi connectivity index (χ0) is 10.7. The summed E-state index contributed by atoms with van der Waals surface area (Å²) in [6, 6.07) is 0. The molecule has 78 valence electrons. The standard InChI is InChI=1S/C4H7N11/c1-14-3(7-10-12-14)5-9-6-4-8-11-13-15(4)2/h1-2H3,(H,5,6,7,8,12,13). The molecule has 0 saturated heterocycles. The SMILES string of the molecule is Cn1nnnc1/N=N/Nc1nnnn1C. The van der Waals surface area contributed by atoms with Gasteiger partial charge in [0.25, 0.3) is 11.9 Å². The maximum absolute atomic E-state index is 3.71. The minimum absolute atomic E-state index is 0.276. The Hall–Kier alpha value is -2.46. The van der Waals surface area contributed by atoms with Crippen LogP contribution < -0.4 is 5.43 Å². The molecule has 0 atom stereocenters. The lowest BCUT2D eigenvalue weighted by molar-refractivity contribution is 0.705. The predicted molar refractivity (Wildman–Crippen MR) is 45.7 cm³/mol. The summed E-state index contributed by atoms with van der Waals surface area (Å²) in [6.07, 6.45) is 0. The number of tetrazole rings is 2. The molecule has 2 aromatic rings. The van der Waals surface area contributed by atoms with Gasteiger partial charge < -0.3 is 0 Å². The van der Waals surface area contributed by atoms with Crippen molar-refractivity contribution in [2.45, 2.75) is 0 Å². The summed E-state index contributed by atoms with van der Waals surface area (Å²) in [5.41, 5.74) is 2.53. The van der Waals surface area contributed by atoms with Crippen molar-refractivity contribution >= 4 is 11.9 Å². The van der Waals surface area contributed by atoms with Crippen LogP contribution in [0.1, 0.15) is 0 Å². The van der Waals surface area contributed by atoms with Crippen molar-refractivity contribution in [3.63, 3.8) is 0 Å². The molecule has 0 aliphatic heterocycles. The van der Waals surface area contributed by atoms with Crippen LogP contribution in [0.4, 0.5) is 11.9 Å². The van der Waals surface area contributed by atoms with Crippen LogP contribution >= 0.6 is 0 Å². The van der Waals surface area contributed by atoms with E-state index in [9.17, 15) is 0 Å². The second-order valence-electron chi connectivity index (χ2n) is 2.54. The quantitative estimate of drug-likeness (QED) is 0.499. The first-order valence-corrected chi connectivity index (χ1v) is 3.89. The van der Waals surface area contributed by atoms with Crippen molar-refractivity contribution in [1.82, 2.24) is 40.4 Å². The molecule has 0 radical (unpaired) electrons. The van der Waals surface area contributed by atoms with Crippen LogP contribution in [0.25, 0.3) is 0 Å². The molecule has 0 aliphatic carbocycles. The largest absolute Gasteiger partial charge is 0.289 e. The first kappa shape index (κ1) is 9.11. The van der Waals surface area contributed by atoms with Crippen molar-refractivity contribution in [2.24, 2.45) is 24.4 Å². The van der Waals surface area contributed by atoms with Gasteiger partial charge in [0, 0.05) is 14.1 Å².